The second-order valence-corrected chi connectivity index (χ2v) is 4.60. The van der Waals surface area contributed by atoms with Gasteiger partial charge in [-0.3, -0.25) is 4.79 Å². The lowest BCUT2D eigenvalue weighted by Crippen LogP contribution is -2.20. The van der Waals surface area contributed by atoms with E-state index in [2.05, 4.69) is 21.2 Å². The van der Waals surface area contributed by atoms with Gasteiger partial charge in [-0.1, -0.05) is 15.9 Å². The third kappa shape index (κ3) is 5.06. The molecule has 0 aliphatic carbocycles. The minimum Gasteiger partial charge on any atom is -0.493 e. The molecule has 0 atom stereocenters. The molecule has 0 unspecified atom stereocenters. The summed E-state index contributed by atoms with van der Waals surface area (Å²) >= 11 is 3.42. The fraction of sp³-hybridized carbons (Fsp3) is 0.417. The van der Waals surface area contributed by atoms with E-state index in [1.807, 2.05) is 0 Å². The minimum atomic E-state index is -0.549. The number of amides is 1. The Morgan fingerprint density at radius 3 is 2.79 bits per heavy atom. The number of benzene rings is 1. The summed E-state index contributed by atoms with van der Waals surface area (Å²) in [7, 11) is 1.52. The molecule has 0 heterocycles. The first kappa shape index (κ1) is 15.7. The Morgan fingerprint density at radius 1 is 1.47 bits per heavy atom. The van der Waals surface area contributed by atoms with Gasteiger partial charge in [0.05, 0.1) is 13.7 Å². The average molecular weight is 333 g/mol. The molecule has 0 spiro atoms. The summed E-state index contributed by atoms with van der Waals surface area (Å²) in [6, 6.07) is 3.52. The smallest absolute Gasteiger partial charge is 0.255 e. The van der Waals surface area contributed by atoms with Gasteiger partial charge < -0.3 is 25.6 Å². The highest BCUT2D eigenvalue weighted by Gasteiger charge is 2.11. The molecular weight excluding hydrogens is 316 g/mol. The summed E-state index contributed by atoms with van der Waals surface area (Å²) in [6.45, 7) is 0.960. The van der Waals surface area contributed by atoms with Crippen LogP contribution in [-0.2, 0) is 11.3 Å². The predicted octanol–water partition coefficient (Wildman–Crippen LogP) is 0.404. The molecular formula is C12H17BrN2O4. The number of aliphatic hydroxyl groups is 1. The van der Waals surface area contributed by atoms with Gasteiger partial charge in [-0.15, -0.1) is 0 Å². The Hall–Kier alpha value is -1.31. The number of nitrogens with one attached hydrogen (secondary N) is 1. The molecule has 4 N–H and O–H groups in total. The number of hydrogen-bond acceptors (Lipinski definition) is 5. The van der Waals surface area contributed by atoms with Crippen molar-refractivity contribution >= 4 is 21.8 Å². The van der Waals surface area contributed by atoms with Crippen LogP contribution in [-0.4, -0.2) is 37.9 Å². The molecule has 0 bridgehead atoms. The molecule has 106 valence electrons. The van der Waals surface area contributed by atoms with Gasteiger partial charge in [0, 0.05) is 17.6 Å². The minimum absolute atomic E-state index is 0.0779. The maximum absolute atomic E-state index is 10.7. The number of carbonyl (C=O) groups is 1. The van der Waals surface area contributed by atoms with Crippen LogP contribution < -0.4 is 20.5 Å². The van der Waals surface area contributed by atoms with E-state index in [1.54, 1.807) is 12.1 Å². The van der Waals surface area contributed by atoms with Crippen LogP contribution in [0.5, 0.6) is 11.5 Å². The lowest BCUT2D eigenvalue weighted by Gasteiger charge is -2.13. The number of ether oxygens (including phenoxy) is 2. The van der Waals surface area contributed by atoms with Gasteiger partial charge >= 0.3 is 0 Å². The van der Waals surface area contributed by atoms with E-state index in [0.29, 0.717) is 24.6 Å². The molecule has 1 aromatic carbocycles. The molecule has 0 radical (unpaired) electrons. The molecule has 0 aromatic heterocycles. The average Bonchev–Trinajstić information content (AvgIpc) is 2.38. The van der Waals surface area contributed by atoms with Crippen molar-refractivity contribution in [3.63, 3.8) is 0 Å². The van der Waals surface area contributed by atoms with Crippen LogP contribution in [0.25, 0.3) is 0 Å². The monoisotopic (exact) mass is 332 g/mol. The fourth-order valence-corrected chi connectivity index (χ4v) is 1.90. The molecule has 1 rings (SSSR count). The highest BCUT2D eigenvalue weighted by atomic mass is 79.9. The van der Waals surface area contributed by atoms with Crippen molar-refractivity contribution in [2.24, 2.45) is 5.73 Å². The first-order chi connectivity index (χ1) is 9.08. The Labute approximate surface area is 120 Å². The number of hydrogen-bond donors (Lipinski definition) is 3. The summed E-state index contributed by atoms with van der Waals surface area (Å²) in [4.78, 5) is 10.7. The molecule has 6 nitrogen and oxygen atoms in total. The lowest BCUT2D eigenvalue weighted by molar-refractivity contribution is -0.119. The van der Waals surface area contributed by atoms with Crippen LogP contribution in [0.1, 0.15) is 5.56 Å². The number of methoxy groups -OCH3 is 1. The van der Waals surface area contributed by atoms with Crippen LogP contribution in [0.2, 0.25) is 0 Å². The van der Waals surface area contributed by atoms with Gasteiger partial charge in [-0.2, -0.15) is 0 Å². The molecule has 0 aliphatic rings. The first-order valence-electron chi connectivity index (χ1n) is 5.67. The largest absolute Gasteiger partial charge is 0.493 e. The number of primary amides is 1. The van der Waals surface area contributed by atoms with Crippen LogP contribution in [0.3, 0.4) is 0 Å². The number of rotatable bonds is 8. The third-order valence-electron chi connectivity index (χ3n) is 2.31. The number of aliphatic hydroxyl groups excluding tert-OH is 1. The molecule has 1 aromatic rings. The van der Waals surface area contributed by atoms with Crippen molar-refractivity contribution in [2.75, 3.05) is 26.9 Å². The van der Waals surface area contributed by atoms with E-state index in [4.69, 9.17) is 20.3 Å². The summed E-state index contributed by atoms with van der Waals surface area (Å²) in [5.74, 6) is 0.413. The van der Waals surface area contributed by atoms with Crippen molar-refractivity contribution in [3.05, 3.63) is 22.2 Å². The third-order valence-corrected chi connectivity index (χ3v) is 3.04. The van der Waals surface area contributed by atoms with Gasteiger partial charge in [0.2, 0.25) is 0 Å². The summed E-state index contributed by atoms with van der Waals surface area (Å²) in [5.41, 5.74) is 5.99. The molecule has 0 saturated carbocycles. The Bertz CT molecular complexity index is 440. The van der Waals surface area contributed by atoms with Crippen molar-refractivity contribution in [3.8, 4) is 11.5 Å². The van der Waals surface area contributed by atoms with Crippen molar-refractivity contribution in [1.82, 2.24) is 5.32 Å². The summed E-state index contributed by atoms with van der Waals surface area (Å²) < 4.78 is 11.3. The Kier molecular flexibility index (Phi) is 6.61. The van der Waals surface area contributed by atoms with E-state index >= 15 is 0 Å². The Morgan fingerprint density at radius 2 is 2.21 bits per heavy atom. The standard InChI is InChI=1S/C12H17BrN2O4/c1-18-10-4-8(6-15-2-3-16)9(13)5-11(10)19-7-12(14)17/h4-5,15-16H,2-3,6-7H2,1H3,(H2,14,17). The normalized spacial score (nSPS) is 10.3. The van der Waals surface area contributed by atoms with E-state index in [0.717, 1.165) is 10.0 Å². The molecule has 0 aliphatic heterocycles. The Balaban J connectivity index is 2.83. The fourth-order valence-electron chi connectivity index (χ4n) is 1.44. The first-order valence-corrected chi connectivity index (χ1v) is 6.47. The number of carbonyl (C=O) groups excluding carboxylic acids is 1. The van der Waals surface area contributed by atoms with Crippen LogP contribution in [0.15, 0.2) is 16.6 Å². The zero-order chi connectivity index (χ0) is 14.3. The zero-order valence-electron chi connectivity index (χ0n) is 10.6. The van der Waals surface area contributed by atoms with Gasteiger partial charge in [0.1, 0.15) is 0 Å². The van der Waals surface area contributed by atoms with E-state index in [-0.39, 0.29) is 13.2 Å². The van der Waals surface area contributed by atoms with Crippen LogP contribution in [0.4, 0.5) is 0 Å². The maximum atomic E-state index is 10.7. The SMILES string of the molecule is COc1cc(CNCCO)c(Br)cc1OCC(N)=O. The zero-order valence-corrected chi connectivity index (χ0v) is 12.2. The number of nitrogens with two attached hydrogens (primary N) is 1. The van der Waals surface area contributed by atoms with Crippen LogP contribution in [0, 0.1) is 0 Å². The highest BCUT2D eigenvalue weighted by molar-refractivity contribution is 9.10. The summed E-state index contributed by atoms with van der Waals surface area (Å²) in [6.07, 6.45) is 0. The van der Waals surface area contributed by atoms with Gasteiger partial charge in [0.15, 0.2) is 18.1 Å². The van der Waals surface area contributed by atoms with Gasteiger partial charge in [-0.25, -0.2) is 0 Å². The van der Waals surface area contributed by atoms with E-state index < -0.39 is 5.91 Å². The van der Waals surface area contributed by atoms with Crippen molar-refractivity contribution in [2.45, 2.75) is 6.54 Å². The molecule has 19 heavy (non-hydrogen) atoms. The second kappa shape index (κ2) is 7.98. The number of halogens is 1. The molecule has 7 heteroatoms. The summed E-state index contributed by atoms with van der Waals surface area (Å²) in [5, 5.41) is 11.8. The molecule has 0 saturated heterocycles. The van der Waals surface area contributed by atoms with E-state index in [1.165, 1.54) is 7.11 Å². The topological polar surface area (TPSA) is 93.8 Å². The molecule has 1 amide bonds. The van der Waals surface area contributed by atoms with Crippen molar-refractivity contribution < 1.29 is 19.4 Å². The van der Waals surface area contributed by atoms with E-state index in [9.17, 15) is 4.79 Å². The lowest BCUT2D eigenvalue weighted by atomic mass is 10.2. The van der Waals surface area contributed by atoms with Crippen molar-refractivity contribution in [1.29, 1.82) is 0 Å². The quantitative estimate of drug-likeness (QED) is 0.599. The maximum Gasteiger partial charge on any atom is 0.255 e. The highest BCUT2D eigenvalue weighted by Crippen LogP contribution is 2.33. The predicted molar refractivity (Wildman–Crippen MR) is 74.2 cm³/mol. The second-order valence-electron chi connectivity index (χ2n) is 3.75. The molecule has 0 fully saturated rings. The van der Waals surface area contributed by atoms with Crippen LogP contribution >= 0.6 is 15.9 Å². The van der Waals surface area contributed by atoms with Gasteiger partial charge in [-0.05, 0) is 17.7 Å². The van der Waals surface area contributed by atoms with Gasteiger partial charge in [0.25, 0.3) is 5.91 Å².